The van der Waals surface area contributed by atoms with Gasteiger partial charge in [0.2, 0.25) is 0 Å². The van der Waals surface area contributed by atoms with Gasteiger partial charge >= 0.3 is 16.4 Å². The summed E-state index contributed by atoms with van der Waals surface area (Å²) in [5, 5.41) is 30.8. The highest BCUT2D eigenvalue weighted by atomic mass is 32.3. The molecule has 4 N–H and O–H groups in total. The van der Waals surface area contributed by atoms with Crippen LogP contribution in [0.15, 0.2) is 0 Å². The van der Waals surface area contributed by atoms with E-state index < -0.39 is 53.8 Å². The van der Waals surface area contributed by atoms with Gasteiger partial charge in [0.05, 0.1) is 19.8 Å². The van der Waals surface area contributed by atoms with Crippen LogP contribution in [0.2, 0.25) is 0 Å². The molecule has 1 fully saturated rings. The molecule has 67 heavy (non-hydrogen) atoms. The summed E-state index contributed by atoms with van der Waals surface area (Å²) in [6.07, 6.45) is 42.8. The number of ether oxygens (including phenoxy) is 4. The monoisotopic (exact) mass is 979 g/mol. The van der Waals surface area contributed by atoms with Gasteiger partial charge in [-0.15, -0.1) is 0 Å². The predicted octanol–water partition coefficient (Wildman–Crippen LogP) is 13.6. The Morgan fingerprint density at radius 1 is 0.507 bits per heavy atom. The molecule has 400 valence electrons. The summed E-state index contributed by atoms with van der Waals surface area (Å²) in [6.45, 7) is 4.07. The minimum atomic E-state index is -5.06. The highest BCUT2D eigenvalue weighted by molar-refractivity contribution is 7.80. The fraction of sp³-hybridized carbons (Fsp3) is 0.981. The maximum absolute atomic E-state index is 12.9. The van der Waals surface area contributed by atoms with E-state index in [0.29, 0.717) is 13.0 Å². The average Bonchev–Trinajstić information content (AvgIpc) is 3.30. The first-order valence-electron chi connectivity index (χ1n) is 28.3. The third-order valence-corrected chi connectivity index (χ3v) is 13.9. The van der Waals surface area contributed by atoms with Crippen molar-refractivity contribution in [2.24, 2.45) is 0 Å². The van der Waals surface area contributed by atoms with Crippen LogP contribution < -0.4 is 0 Å². The van der Waals surface area contributed by atoms with Crippen LogP contribution in [-0.4, -0.2) is 97.5 Å². The van der Waals surface area contributed by atoms with Crippen LogP contribution >= 0.6 is 0 Å². The van der Waals surface area contributed by atoms with Crippen LogP contribution in [-0.2, 0) is 38.3 Å². The minimum Gasteiger partial charge on any atom is -0.457 e. The third-order valence-electron chi connectivity index (χ3n) is 13.5. The first-order valence-corrected chi connectivity index (χ1v) is 29.7. The van der Waals surface area contributed by atoms with Crippen molar-refractivity contribution in [1.29, 1.82) is 0 Å². The molecule has 1 aliphatic heterocycles. The Labute approximate surface area is 411 Å². The molecule has 1 saturated heterocycles. The smallest absolute Gasteiger partial charge is 0.397 e. The molecule has 0 aromatic heterocycles. The number of hydrogen-bond acceptors (Lipinski definition) is 11. The SMILES string of the molecule is CCCCCCCCCCCCCCCCCCCCCCCCOCC(COC1OC(CO)C(O)C(OS(=O)(=O)O)C1O)OC(=O)CCCCCCCCCCCCCCCCCCCC. The van der Waals surface area contributed by atoms with Gasteiger partial charge in [0, 0.05) is 13.0 Å². The Balaban J connectivity index is 2.28. The van der Waals surface area contributed by atoms with Crippen LogP contribution in [0.5, 0.6) is 0 Å². The number of unbranched alkanes of at least 4 members (excludes halogenated alkanes) is 38. The molecule has 1 rings (SSSR count). The Morgan fingerprint density at radius 2 is 0.851 bits per heavy atom. The number of rotatable bonds is 51. The Kier molecular flexibility index (Phi) is 44.2. The van der Waals surface area contributed by atoms with Gasteiger partial charge in [-0.25, -0.2) is 4.18 Å². The second kappa shape index (κ2) is 46.2. The molecule has 6 unspecified atom stereocenters. The van der Waals surface area contributed by atoms with Crippen molar-refractivity contribution in [2.45, 2.75) is 314 Å². The zero-order valence-corrected chi connectivity index (χ0v) is 44.1. The number of carbonyl (C=O) groups excluding carboxylic acids is 1. The van der Waals surface area contributed by atoms with Gasteiger partial charge in [-0.2, -0.15) is 8.42 Å². The standard InChI is InChI=1S/C54H106O12S/c1-3-5-7-9-11-13-15-17-19-21-23-24-25-26-28-30-32-34-36-38-40-42-44-62-46-48(47-63-54-52(58)53(66-67(59,60)61)51(57)49(45-55)65-54)64-50(56)43-41-39-37-35-33-31-29-27-22-20-18-16-14-12-10-8-6-4-2/h48-49,51-55,57-58H,3-47H2,1-2H3,(H,59,60,61). The maximum Gasteiger partial charge on any atom is 0.397 e. The molecule has 12 nitrogen and oxygen atoms in total. The second-order valence-electron chi connectivity index (χ2n) is 19.9. The van der Waals surface area contributed by atoms with Gasteiger partial charge in [-0.3, -0.25) is 9.35 Å². The fourth-order valence-electron chi connectivity index (χ4n) is 9.21. The molecule has 0 aliphatic carbocycles. The van der Waals surface area contributed by atoms with Gasteiger partial charge in [-0.05, 0) is 12.8 Å². The van der Waals surface area contributed by atoms with E-state index in [1.807, 2.05) is 0 Å². The largest absolute Gasteiger partial charge is 0.457 e. The Bertz CT molecular complexity index is 1180. The van der Waals surface area contributed by atoms with Crippen LogP contribution in [0.3, 0.4) is 0 Å². The maximum atomic E-state index is 12.9. The number of esters is 1. The van der Waals surface area contributed by atoms with E-state index in [9.17, 15) is 33.1 Å². The highest BCUT2D eigenvalue weighted by Crippen LogP contribution is 2.26. The van der Waals surface area contributed by atoms with E-state index in [-0.39, 0.29) is 25.6 Å². The van der Waals surface area contributed by atoms with Crippen LogP contribution in [0.1, 0.15) is 277 Å². The Morgan fingerprint density at radius 3 is 1.19 bits per heavy atom. The van der Waals surface area contributed by atoms with E-state index in [1.54, 1.807) is 0 Å². The molecule has 13 heteroatoms. The molecule has 6 atom stereocenters. The van der Waals surface area contributed by atoms with E-state index in [2.05, 4.69) is 18.0 Å². The summed E-state index contributed by atoms with van der Waals surface area (Å²) in [5.41, 5.74) is 0. The van der Waals surface area contributed by atoms with E-state index in [0.717, 1.165) is 38.5 Å². The summed E-state index contributed by atoms with van der Waals surface area (Å²) < 4.78 is 59.4. The topological polar surface area (TPSA) is 178 Å². The molecule has 0 aromatic carbocycles. The van der Waals surface area contributed by atoms with Crippen LogP contribution in [0, 0.1) is 0 Å². The average molecular weight is 979 g/mol. The number of aliphatic hydroxyl groups is 3. The fourth-order valence-corrected chi connectivity index (χ4v) is 9.72. The minimum absolute atomic E-state index is 0.0456. The lowest BCUT2D eigenvalue weighted by molar-refractivity contribution is -0.301. The van der Waals surface area contributed by atoms with Crippen molar-refractivity contribution in [3.8, 4) is 0 Å². The quantitative estimate of drug-likeness (QED) is 0.0258. The Hall–Kier alpha value is -0.900. The zero-order valence-electron chi connectivity index (χ0n) is 43.2. The van der Waals surface area contributed by atoms with Crippen LogP contribution in [0.4, 0.5) is 0 Å². The van der Waals surface area contributed by atoms with Gasteiger partial charge < -0.3 is 34.3 Å². The van der Waals surface area contributed by atoms with Gasteiger partial charge in [0.15, 0.2) is 6.29 Å². The highest BCUT2D eigenvalue weighted by Gasteiger charge is 2.48. The van der Waals surface area contributed by atoms with Crippen molar-refractivity contribution in [3.63, 3.8) is 0 Å². The number of hydrogen-bond donors (Lipinski definition) is 4. The summed E-state index contributed by atoms with van der Waals surface area (Å²) in [6, 6.07) is 0. The molecule has 0 bridgehead atoms. The van der Waals surface area contributed by atoms with E-state index in [4.69, 9.17) is 18.9 Å². The number of carbonyl (C=O) groups is 1. The van der Waals surface area contributed by atoms with Gasteiger partial charge in [0.25, 0.3) is 0 Å². The molecule has 0 aromatic rings. The van der Waals surface area contributed by atoms with E-state index in [1.165, 1.54) is 212 Å². The molecule has 0 spiro atoms. The lowest BCUT2D eigenvalue weighted by atomic mass is 9.99. The summed E-state index contributed by atoms with van der Waals surface area (Å²) in [7, 11) is -5.06. The van der Waals surface area contributed by atoms with Crippen molar-refractivity contribution in [1.82, 2.24) is 0 Å². The zero-order chi connectivity index (χ0) is 48.9. The third kappa shape index (κ3) is 39.4. The van der Waals surface area contributed by atoms with Crippen molar-refractivity contribution in [2.75, 3.05) is 26.4 Å². The predicted molar refractivity (Wildman–Crippen MR) is 271 cm³/mol. The molecular weight excluding hydrogens is 873 g/mol. The normalized spacial score (nSPS) is 19.3. The lowest BCUT2D eigenvalue weighted by Gasteiger charge is -2.41. The van der Waals surface area contributed by atoms with Crippen LogP contribution in [0.25, 0.3) is 0 Å². The molecule has 1 heterocycles. The molecular formula is C54H106O12S. The molecule has 0 saturated carbocycles. The number of aliphatic hydroxyl groups excluding tert-OH is 3. The molecule has 0 amide bonds. The summed E-state index contributed by atoms with van der Waals surface area (Å²) >= 11 is 0. The first kappa shape index (κ1) is 64.1. The van der Waals surface area contributed by atoms with E-state index >= 15 is 0 Å². The summed E-state index contributed by atoms with van der Waals surface area (Å²) in [5.74, 6) is -0.389. The lowest BCUT2D eigenvalue weighted by Crippen LogP contribution is -2.60. The second-order valence-corrected chi connectivity index (χ2v) is 20.9. The van der Waals surface area contributed by atoms with Crippen molar-refractivity contribution in [3.05, 3.63) is 0 Å². The molecule has 1 aliphatic rings. The van der Waals surface area contributed by atoms with Crippen molar-refractivity contribution >= 4 is 16.4 Å². The van der Waals surface area contributed by atoms with Crippen molar-refractivity contribution < 1.29 is 56.2 Å². The van der Waals surface area contributed by atoms with Gasteiger partial charge in [-0.1, -0.05) is 258 Å². The first-order chi connectivity index (χ1) is 32.6. The summed E-state index contributed by atoms with van der Waals surface area (Å²) in [4.78, 5) is 12.9. The van der Waals surface area contributed by atoms with Gasteiger partial charge in [0.1, 0.15) is 30.5 Å². The molecule has 0 radical (unpaired) electrons.